The van der Waals surface area contributed by atoms with Crippen molar-refractivity contribution < 1.29 is 9.15 Å². The van der Waals surface area contributed by atoms with Gasteiger partial charge < -0.3 is 19.8 Å². The molecule has 0 saturated carbocycles. The Morgan fingerprint density at radius 1 is 0.302 bits per heavy atom. The molecule has 4 nitrogen and oxygen atoms in total. The summed E-state index contributed by atoms with van der Waals surface area (Å²) in [6.07, 6.45) is 0. The van der Waals surface area contributed by atoms with Crippen molar-refractivity contribution >= 4 is 88.0 Å². The summed E-state index contributed by atoms with van der Waals surface area (Å²) >= 11 is 3.75. The van der Waals surface area contributed by atoms with Gasteiger partial charge >= 0.3 is 0 Å². The third kappa shape index (κ3) is 7.12. The SMILES string of the molecule is c1ccc2c(c1)Oc1ccc(Nc3ccc(-c4cccc5oc6ccccc6c45)cc3)cc1C21c2ccccc2-c2ccccc21.c1ccc2c(c1)Sc1ccc(Nc3cccc4sc5ccccc5c34)cc1C21c2ccccc2-c2ccccc21. The minimum Gasteiger partial charge on any atom is -0.457 e. The van der Waals surface area contributed by atoms with Crippen LogP contribution in [0.1, 0.15) is 44.5 Å². The quantitative estimate of drug-likeness (QED) is 0.180. The topological polar surface area (TPSA) is 46.4 Å². The van der Waals surface area contributed by atoms with E-state index in [9.17, 15) is 0 Å². The zero-order chi connectivity index (χ0) is 56.5. The number of benzene rings is 13. The molecule has 4 aliphatic rings. The van der Waals surface area contributed by atoms with Crippen LogP contribution >= 0.6 is 23.1 Å². The Morgan fingerprint density at radius 3 is 1.53 bits per heavy atom. The molecule has 0 atom stereocenters. The smallest absolute Gasteiger partial charge is 0.136 e. The highest BCUT2D eigenvalue weighted by atomic mass is 32.2. The predicted molar refractivity (Wildman–Crippen MR) is 357 cm³/mol. The number of para-hydroxylation sites is 2. The molecule has 6 heteroatoms. The molecule has 13 aromatic carbocycles. The fourth-order valence-corrected chi connectivity index (χ4v) is 17.1. The molecule has 15 aromatic rings. The number of nitrogens with one attached hydrogen (secondary N) is 2. The molecular weight excluding hydrogens is 1090 g/mol. The highest BCUT2D eigenvalue weighted by Gasteiger charge is 2.52. The second-order valence-corrected chi connectivity index (χ2v) is 24.8. The lowest BCUT2D eigenvalue weighted by atomic mass is 9.66. The molecule has 4 heterocycles. The van der Waals surface area contributed by atoms with Crippen LogP contribution in [0.15, 0.2) is 305 Å². The molecule has 0 bridgehead atoms. The fraction of sp³-hybridized carbons (Fsp3) is 0.0250. The van der Waals surface area contributed by atoms with Crippen molar-refractivity contribution in [2.24, 2.45) is 0 Å². The maximum Gasteiger partial charge on any atom is 0.136 e. The van der Waals surface area contributed by atoms with Gasteiger partial charge in [0, 0.05) is 74.6 Å². The standard InChI is InChI=1S/C43H27NO2.C37H23NS2/c1-4-14-34-31(10-1)32-11-2-5-15-35(32)43(34)36-16-6-8-18-39(36)46-40-25-24-29(26-37(40)43)44-28-22-20-27(21-23-28)30-13-9-19-41-42(30)33-12-3-7-17-38(33)45-41;1-4-13-27-24(10-1)25-11-2-5-14-28(25)37(27)29-15-6-8-18-33(29)40-34-21-20-23(22-30(34)37)38-31-16-9-19-35-36(31)26-12-3-7-17-32(26)39-35/h1-26,44H;1-22,38H. The number of anilines is 4. The molecule has 0 radical (unpaired) electrons. The number of rotatable bonds is 5. The van der Waals surface area contributed by atoms with Crippen LogP contribution in [-0.2, 0) is 10.8 Å². The second kappa shape index (κ2) is 19.1. The molecule has 2 spiro atoms. The van der Waals surface area contributed by atoms with Crippen LogP contribution in [0.3, 0.4) is 0 Å². The van der Waals surface area contributed by atoms with Gasteiger partial charge in [0.1, 0.15) is 22.7 Å². The first-order valence-corrected chi connectivity index (χ1v) is 30.9. The van der Waals surface area contributed by atoms with Gasteiger partial charge in [0.05, 0.1) is 10.8 Å². The third-order valence-corrected chi connectivity index (χ3v) is 20.6. The van der Waals surface area contributed by atoms with Crippen molar-refractivity contribution in [3.63, 3.8) is 0 Å². The van der Waals surface area contributed by atoms with E-state index in [4.69, 9.17) is 9.15 Å². The first-order valence-electron chi connectivity index (χ1n) is 29.3. The van der Waals surface area contributed by atoms with E-state index in [-0.39, 0.29) is 5.41 Å². The van der Waals surface area contributed by atoms with E-state index in [2.05, 4.69) is 284 Å². The Kier molecular flexibility index (Phi) is 10.9. The van der Waals surface area contributed by atoms with E-state index >= 15 is 0 Å². The Balaban J connectivity index is 0.000000131. The summed E-state index contributed by atoms with van der Waals surface area (Å²) in [6.45, 7) is 0. The van der Waals surface area contributed by atoms with Crippen molar-refractivity contribution in [2.75, 3.05) is 10.6 Å². The van der Waals surface area contributed by atoms with Crippen molar-refractivity contribution in [2.45, 2.75) is 20.6 Å². The third-order valence-electron chi connectivity index (χ3n) is 18.3. The molecule has 0 fully saturated rings. The highest BCUT2D eigenvalue weighted by molar-refractivity contribution is 7.99. The number of ether oxygens (including phenoxy) is 1. The number of fused-ring (bicyclic) bond motifs is 24. The molecule has 404 valence electrons. The minimum atomic E-state index is -0.481. The summed E-state index contributed by atoms with van der Waals surface area (Å²) in [5.74, 6) is 1.78. The van der Waals surface area contributed by atoms with Crippen molar-refractivity contribution in [1.29, 1.82) is 0 Å². The predicted octanol–water partition coefficient (Wildman–Crippen LogP) is 22.1. The molecule has 2 aliphatic carbocycles. The van der Waals surface area contributed by atoms with Crippen LogP contribution in [0.25, 0.3) is 75.5 Å². The molecular formula is C80H50N2O2S2. The van der Waals surface area contributed by atoms with Gasteiger partial charge in [-0.05, 0) is 158 Å². The van der Waals surface area contributed by atoms with E-state index in [1.807, 2.05) is 41.3 Å². The lowest BCUT2D eigenvalue weighted by molar-refractivity contribution is 0.436. The molecule has 2 aromatic heterocycles. The number of furan rings is 1. The van der Waals surface area contributed by atoms with Gasteiger partial charge in [0.25, 0.3) is 0 Å². The molecule has 86 heavy (non-hydrogen) atoms. The van der Waals surface area contributed by atoms with Gasteiger partial charge in [-0.15, -0.1) is 11.3 Å². The van der Waals surface area contributed by atoms with Gasteiger partial charge in [-0.3, -0.25) is 0 Å². The maximum atomic E-state index is 6.59. The van der Waals surface area contributed by atoms with Crippen molar-refractivity contribution in [3.8, 4) is 44.9 Å². The van der Waals surface area contributed by atoms with E-state index in [0.29, 0.717) is 0 Å². The zero-order valence-corrected chi connectivity index (χ0v) is 48.0. The van der Waals surface area contributed by atoms with E-state index < -0.39 is 5.41 Å². The van der Waals surface area contributed by atoms with Crippen LogP contribution in [0, 0.1) is 0 Å². The largest absolute Gasteiger partial charge is 0.457 e. The summed E-state index contributed by atoms with van der Waals surface area (Å²) in [6, 6.07) is 105. The summed E-state index contributed by atoms with van der Waals surface area (Å²) in [4.78, 5) is 2.65. The number of hydrogen-bond acceptors (Lipinski definition) is 6. The summed E-state index contributed by atoms with van der Waals surface area (Å²) in [5, 5.41) is 12.4. The molecule has 2 N–H and O–H groups in total. The van der Waals surface area contributed by atoms with Gasteiger partial charge in [0.2, 0.25) is 0 Å². The summed E-state index contributed by atoms with van der Waals surface area (Å²) in [7, 11) is 0. The molecule has 0 saturated heterocycles. The maximum absolute atomic E-state index is 6.59. The van der Waals surface area contributed by atoms with Gasteiger partial charge in [-0.2, -0.15) is 0 Å². The fourth-order valence-electron chi connectivity index (χ4n) is 14.8. The van der Waals surface area contributed by atoms with E-state index in [1.165, 1.54) is 96.7 Å². The van der Waals surface area contributed by atoms with Crippen molar-refractivity contribution in [1.82, 2.24) is 0 Å². The Hall–Kier alpha value is -10.4. The summed E-state index contributed by atoms with van der Waals surface area (Å²) < 4.78 is 15.4. The normalized spacial score (nSPS) is 13.8. The zero-order valence-electron chi connectivity index (χ0n) is 46.3. The Morgan fingerprint density at radius 2 is 0.802 bits per heavy atom. The monoisotopic (exact) mass is 1130 g/mol. The Labute approximate surface area is 505 Å². The number of thiophene rings is 1. The van der Waals surface area contributed by atoms with Crippen LogP contribution in [0.5, 0.6) is 11.5 Å². The number of hydrogen-bond donors (Lipinski definition) is 2. The van der Waals surface area contributed by atoms with Crippen LogP contribution in [-0.4, -0.2) is 0 Å². The van der Waals surface area contributed by atoms with Crippen molar-refractivity contribution in [3.05, 3.63) is 336 Å². The van der Waals surface area contributed by atoms with Gasteiger partial charge in [-0.25, -0.2) is 0 Å². The van der Waals surface area contributed by atoms with Crippen LogP contribution < -0.4 is 15.4 Å². The molecule has 0 unspecified atom stereocenters. The molecule has 19 rings (SSSR count). The van der Waals surface area contributed by atoms with Crippen LogP contribution in [0.2, 0.25) is 0 Å². The van der Waals surface area contributed by atoms with Gasteiger partial charge in [0.15, 0.2) is 0 Å². The molecule has 0 amide bonds. The highest BCUT2D eigenvalue weighted by Crippen LogP contribution is 2.64. The lowest BCUT2D eigenvalue weighted by Gasteiger charge is -2.40. The summed E-state index contributed by atoms with van der Waals surface area (Å²) in [5.41, 5.74) is 23.1. The van der Waals surface area contributed by atoms with Crippen LogP contribution in [0.4, 0.5) is 22.7 Å². The molecule has 2 aliphatic heterocycles. The first kappa shape index (κ1) is 49.1. The average Bonchev–Trinajstić information content (AvgIpc) is 1.53. The van der Waals surface area contributed by atoms with E-state index in [0.717, 1.165) is 67.3 Å². The van der Waals surface area contributed by atoms with E-state index in [1.54, 1.807) is 0 Å². The Bertz CT molecular complexity index is 5190. The second-order valence-electron chi connectivity index (χ2n) is 22.7. The lowest BCUT2D eigenvalue weighted by Crippen LogP contribution is -2.32. The average molecular weight is 1140 g/mol. The minimum absolute atomic E-state index is 0.358. The van der Waals surface area contributed by atoms with Gasteiger partial charge in [-0.1, -0.05) is 212 Å². The first-order chi connectivity index (χ1) is 42.6.